The van der Waals surface area contributed by atoms with Crippen molar-refractivity contribution in [3.05, 3.63) is 17.6 Å². The number of carbonyl (C=O) groups is 1. The first kappa shape index (κ1) is 18.2. The lowest BCUT2D eigenvalue weighted by atomic mass is 9.88. The van der Waals surface area contributed by atoms with E-state index in [0.717, 1.165) is 43.5 Å². The number of guanidine groups is 1. The molecule has 1 aromatic rings. The fraction of sp³-hybridized carbons (Fsp3) is 0.684. The van der Waals surface area contributed by atoms with Crippen molar-refractivity contribution in [3.8, 4) is 0 Å². The summed E-state index contributed by atoms with van der Waals surface area (Å²) in [6.07, 6.45) is 3.78. The number of aromatic nitrogens is 2. The Morgan fingerprint density at radius 3 is 2.67 bits per heavy atom. The van der Waals surface area contributed by atoms with E-state index in [0.29, 0.717) is 24.7 Å². The summed E-state index contributed by atoms with van der Waals surface area (Å²) in [5.74, 6) is 2.95. The van der Waals surface area contributed by atoms with Crippen LogP contribution in [0.15, 0.2) is 11.1 Å². The van der Waals surface area contributed by atoms with Gasteiger partial charge in [0.1, 0.15) is 17.2 Å². The average molecular weight is 371 g/mol. The first-order valence-electron chi connectivity index (χ1n) is 9.87. The van der Waals surface area contributed by atoms with Crippen LogP contribution in [0.2, 0.25) is 0 Å². The predicted molar refractivity (Wildman–Crippen MR) is 105 cm³/mol. The molecule has 1 unspecified atom stereocenters. The van der Waals surface area contributed by atoms with Gasteiger partial charge < -0.3 is 15.1 Å². The van der Waals surface area contributed by atoms with Crippen molar-refractivity contribution >= 4 is 17.7 Å². The second kappa shape index (κ2) is 7.07. The molecule has 0 aliphatic carbocycles. The molecule has 2 N–H and O–H groups in total. The SMILES string of the molecule is Cc1nc(C2CCCNC2)cc(N2CCC3(CC2)N=C(N(C)C)NC3=O)n1. The van der Waals surface area contributed by atoms with Gasteiger partial charge in [0.25, 0.3) is 5.91 Å². The van der Waals surface area contributed by atoms with E-state index in [2.05, 4.69) is 26.6 Å². The maximum Gasteiger partial charge on any atom is 0.254 e. The quantitative estimate of drug-likeness (QED) is 0.794. The lowest BCUT2D eigenvalue weighted by Crippen LogP contribution is -2.49. The second-order valence-corrected chi connectivity index (χ2v) is 8.04. The van der Waals surface area contributed by atoms with Gasteiger partial charge in [0.05, 0.1) is 5.69 Å². The average Bonchev–Trinajstić information content (AvgIpc) is 2.99. The topological polar surface area (TPSA) is 85.8 Å². The molecular formula is C19H29N7O. The van der Waals surface area contributed by atoms with Crippen LogP contribution in [0.5, 0.6) is 0 Å². The van der Waals surface area contributed by atoms with Crippen molar-refractivity contribution in [3.63, 3.8) is 0 Å². The molecule has 1 atom stereocenters. The Morgan fingerprint density at radius 2 is 2.04 bits per heavy atom. The van der Waals surface area contributed by atoms with Crippen LogP contribution in [0, 0.1) is 6.92 Å². The van der Waals surface area contributed by atoms with Crippen molar-refractivity contribution in [1.29, 1.82) is 0 Å². The normalized spacial score (nSPS) is 24.7. The van der Waals surface area contributed by atoms with E-state index in [9.17, 15) is 4.79 Å². The first-order valence-corrected chi connectivity index (χ1v) is 9.87. The van der Waals surface area contributed by atoms with E-state index in [-0.39, 0.29) is 5.91 Å². The molecule has 27 heavy (non-hydrogen) atoms. The van der Waals surface area contributed by atoms with Gasteiger partial charge in [0, 0.05) is 45.7 Å². The molecule has 2 saturated heterocycles. The van der Waals surface area contributed by atoms with Gasteiger partial charge in [-0.3, -0.25) is 10.1 Å². The molecule has 0 radical (unpaired) electrons. The van der Waals surface area contributed by atoms with Crippen molar-refractivity contribution in [2.45, 2.75) is 44.1 Å². The third kappa shape index (κ3) is 3.50. The van der Waals surface area contributed by atoms with Crippen molar-refractivity contribution in [2.75, 3.05) is 45.2 Å². The second-order valence-electron chi connectivity index (χ2n) is 8.04. The highest BCUT2D eigenvalue weighted by molar-refractivity contribution is 6.07. The minimum Gasteiger partial charge on any atom is -0.356 e. The van der Waals surface area contributed by atoms with Gasteiger partial charge in [0.15, 0.2) is 0 Å². The third-order valence-electron chi connectivity index (χ3n) is 5.87. The van der Waals surface area contributed by atoms with E-state index in [1.165, 1.54) is 12.8 Å². The van der Waals surface area contributed by atoms with Gasteiger partial charge in [-0.2, -0.15) is 0 Å². The Labute approximate surface area is 160 Å². The summed E-state index contributed by atoms with van der Waals surface area (Å²) in [5.41, 5.74) is 0.519. The molecule has 4 heterocycles. The first-order chi connectivity index (χ1) is 13.0. The van der Waals surface area contributed by atoms with Crippen LogP contribution in [0.4, 0.5) is 5.82 Å². The van der Waals surface area contributed by atoms with Crippen LogP contribution < -0.4 is 15.5 Å². The van der Waals surface area contributed by atoms with Crippen LogP contribution in [0.25, 0.3) is 0 Å². The highest BCUT2D eigenvalue weighted by Gasteiger charge is 2.46. The number of aryl methyl sites for hydroxylation is 1. The molecule has 1 aromatic heterocycles. The van der Waals surface area contributed by atoms with Gasteiger partial charge in [-0.15, -0.1) is 0 Å². The Morgan fingerprint density at radius 1 is 1.26 bits per heavy atom. The van der Waals surface area contributed by atoms with Crippen LogP contribution in [0.1, 0.15) is 43.1 Å². The van der Waals surface area contributed by atoms with Crippen molar-refractivity contribution in [2.24, 2.45) is 4.99 Å². The lowest BCUT2D eigenvalue weighted by Gasteiger charge is -2.36. The fourth-order valence-electron chi connectivity index (χ4n) is 4.21. The van der Waals surface area contributed by atoms with Gasteiger partial charge in [0.2, 0.25) is 5.96 Å². The number of rotatable bonds is 2. The summed E-state index contributed by atoms with van der Waals surface area (Å²) >= 11 is 0. The highest BCUT2D eigenvalue weighted by atomic mass is 16.2. The number of amides is 1. The van der Waals surface area contributed by atoms with Crippen LogP contribution in [0.3, 0.4) is 0 Å². The maximum atomic E-state index is 12.5. The molecule has 8 nitrogen and oxygen atoms in total. The number of hydrogen-bond donors (Lipinski definition) is 2. The van der Waals surface area contributed by atoms with Crippen molar-refractivity contribution < 1.29 is 4.79 Å². The number of piperidine rings is 2. The molecule has 3 aliphatic heterocycles. The smallest absolute Gasteiger partial charge is 0.254 e. The number of carbonyl (C=O) groups excluding carboxylic acids is 1. The Hall–Kier alpha value is -2.22. The lowest BCUT2D eigenvalue weighted by molar-refractivity contribution is -0.124. The maximum absolute atomic E-state index is 12.5. The molecule has 1 amide bonds. The summed E-state index contributed by atoms with van der Waals surface area (Å²) in [7, 11) is 3.80. The summed E-state index contributed by atoms with van der Waals surface area (Å²) in [6, 6.07) is 2.14. The zero-order chi connectivity index (χ0) is 19.0. The summed E-state index contributed by atoms with van der Waals surface area (Å²) in [6.45, 7) is 5.60. The van der Waals surface area contributed by atoms with Gasteiger partial charge >= 0.3 is 0 Å². The van der Waals surface area contributed by atoms with Crippen LogP contribution in [-0.2, 0) is 4.79 Å². The van der Waals surface area contributed by atoms with Crippen LogP contribution in [-0.4, -0.2) is 72.5 Å². The molecule has 146 valence electrons. The van der Waals surface area contributed by atoms with E-state index in [1.807, 2.05) is 25.9 Å². The molecule has 0 aromatic carbocycles. The minimum absolute atomic E-state index is 0.0266. The third-order valence-corrected chi connectivity index (χ3v) is 5.87. The van der Waals surface area contributed by atoms with Gasteiger partial charge in [-0.05, 0) is 39.2 Å². The molecule has 4 rings (SSSR count). The Bertz CT molecular complexity index is 746. The highest BCUT2D eigenvalue weighted by Crippen LogP contribution is 2.33. The van der Waals surface area contributed by atoms with E-state index >= 15 is 0 Å². The Balaban J connectivity index is 1.50. The number of anilines is 1. The van der Waals surface area contributed by atoms with Gasteiger partial charge in [-0.1, -0.05) is 0 Å². The monoisotopic (exact) mass is 371 g/mol. The summed E-state index contributed by atoms with van der Waals surface area (Å²) in [4.78, 5) is 30.7. The summed E-state index contributed by atoms with van der Waals surface area (Å²) in [5, 5.41) is 6.38. The molecule has 0 bridgehead atoms. The zero-order valence-electron chi connectivity index (χ0n) is 16.5. The molecule has 0 saturated carbocycles. The molecular weight excluding hydrogens is 342 g/mol. The number of nitrogens with zero attached hydrogens (tertiary/aromatic N) is 5. The number of aliphatic imine (C=N–C) groups is 1. The molecule has 3 aliphatic rings. The predicted octanol–water partition coefficient (Wildman–Crippen LogP) is 0.638. The number of nitrogens with one attached hydrogen (secondary N) is 2. The van der Waals surface area contributed by atoms with Crippen molar-refractivity contribution in [1.82, 2.24) is 25.5 Å². The largest absolute Gasteiger partial charge is 0.356 e. The molecule has 2 fully saturated rings. The van der Waals surface area contributed by atoms with Gasteiger partial charge in [-0.25, -0.2) is 15.0 Å². The fourth-order valence-corrected chi connectivity index (χ4v) is 4.21. The van der Waals surface area contributed by atoms with Crippen LogP contribution >= 0.6 is 0 Å². The van der Waals surface area contributed by atoms with E-state index < -0.39 is 5.54 Å². The molecule has 8 heteroatoms. The van der Waals surface area contributed by atoms with E-state index in [1.54, 1.807) is 0 Å². The van der Waals surface area contributed by atoms with E-state index in [4.69, 9.17) is 9.98 Å². The molecule has 1 spiro atoms. The zero-order valence-corrected chi connectivity index (χ0v) is 16.5. The number of hydrogen-bond acceptors (Lipinski definition) is 7. The summed E-state index contributed by atoms with van der Waals surface area (Å²) < 4.78 is 0. The minimum atomic E-state index is -0.617. The standard InChI is InChI=1S/C19H29N7O/c1-13-21-15(14-5-4-8-20-12-14)11-16(22-13)26-9-6-19(7-10-26)17(27)23-18(24-19)25(2)3/h11,14,20H,4-10,12H2,1-3H3,(H,23,24,27). The Kier molecular flexibility index (Phi) is 4.75.